The molecule has 5 nitrogen and oxygen atoms in total. The van der Waals surface area contributed by atoms with Gasteiger partial charge in [-0.3, -0.25) is 0 Å². The smallest absolute Gasteiger partial charge is 0.341 e. The number of carbonyl (C=O) groups excluding carboxylic acids is 1. The van der Waals surface area contributed by atoms with E-state index in [1.165, 1.54) is 13.4 Å². The fourth-order valence-corrected chi connectivity index (χ4v) is 1.96. The van der Waals surface area contributed by atoms with Gasteiger partial charge in [0.05, 0.1) is 26.3 Å². The predicted molar refractivity (Wildman–Crippen MR) is 78.3 cm³/mol. The van der Waals surface area contributed by atoms with E-state index in [2.05, 4.69) is 17.0 Å². The molecule has 0 saturated heterocycles. The lowest BCUT2D eigenvalue weighted by Crippen LogP contribution is -2.17. The average Bonchev–Trinajstić information content (AvgIpc) is 3.01. The number of furan rings is 1. The molecule has 1 heterocycles. The van der Waals surface area contributed by atoms with Crippen LogP contribution in [0.3, 0.4) is 0 Å². The first kappa shape index (κ1) is 15.1. The molecule has 0 fully saturated rings. The van der Waals surface area contributed by atoms with E-state index in [0.29, 0.717) is 17.9 Å². The van der Waals surface area contributed by atoms with Crippen molar-refractivity contribution < 1.29 is 18.7 Å². The molecule has 0 aliphatic carbocycles. The van der Waals surface area contributed by atoms with Crippen LogP contribution in [0, 0.1) is 0 Å². The largest absolute Gasteiger partial charge is 0.497 e. The number of hydrogen-bond donors (Lipinski definition) is 1. The summed E-state index contributed by atoms with van der Waals surface area (Å²) < 4.78 is 15.1. The molecule has 21 heavy (non-hydrogen) atoms. The maximum atomic E-state index is 11.3. The summed E-state index contributed by atoms with van der Waals surface area (Å²) in [6.07, 6.45) is 1.40. The van der Waals surface area contributed by atoms with Crippen molar-refractivity contribution in [3.63, 3.8) is 0 Å². The zero-order valence-corrected chi connectivity index (χ0v) is 12.4. The normalized spacial score (nSPS) is 12.0. The SMILES string of the molecule is COC(=O)c1coc(CN[C@@H](C)c2ccc(OC)cc2)c1. The third-order valence-electron chi connectivity index (χ3n) is 3.27. The van der Waals surface area contributed by atoms with Crippen molar-refractivity contribution in [3.05, 3.63) is 53.5 Å². The zero-order chi connectivity index (χ0) is 15.2. The number of benzene rings is 1. The van der Waals surface area contributed by atoms with Crippen molar-refractivity contribution in [2.45, 2.75) is 19.5 Å². The summed E-state index contributed by atoms with van der Waals surface area (Å²) in [5.74, 6) is 1.13. The standard InChI is InChI=1S/C16H19NO4/c1-11(12-4-6-14(19-2)7-5-12)17-9-15-8-13(10-21-15)16(18)20-3/h4-8,10-11,17H,9H2,1-3H3/t11-/m0/s1. The molecular formula is C16H19NO4. The molecule has 112 valence electrons. The Balaban J connectivity index is 1.92. The molecule has 0 spiro atoms. The van der Waals surface area contributed by atoms with Crippen molar-refractivity contribution in [1.29, 1.82) is 0 Å². The van der Waals surface area contributed by atoms with E-state index in [1.54, 1.807) is 13.2 Å². The monoisotopic (exact) mass is 289 g/mol. The first-order chi connectivity index (χ1) is 10.1. The second-order valence-electron chi connectivity index (χ2n) is 4.67. The zero-order valence-electron chi connectivity index (χ0n) is 12.4. The van der Waals surface area contributed by atoms with E-state index in [0.717, 1.165) is 11.3 Å². The minimum absolute atomic E-state index is 0.155. The lowest BCUT2D eigenvalue weighted by atomic mass is 10.1. The summed E-state index contributed by atoms with van der Waals surface area (Å²) in [4.78, 5) is 11.3. The molecule has 0 aliphatic heterocycles. The van der Waals surface area contributed by atoms with Gasteiger partial charge in [-0.2, -0.15) is 0 Å². The topological polar surface area (TPSA) is 60.7 Å². The number of nitrogens with one attached hydrogen (secondary N) is 1. The summed E-state index contributed by atoms with van der Waals surface area (Å²) in [7, 11) is 2.99. The first-order valence-corrected chi connectivity index (χ1v) is 6.67. The number of carbonyl (C=O) groups is 1. The number of esters is 1. The maximum Gasteiger partial charge on any atom is 0.341 e. The minimum atomic E-state index is -0.395. The van der Waals surface area contributed by atoms with Gasteiger partial charge in [0.25, 0.3) is 0 Å². The van der Waals surface area contributed by atoms with Gasteiger partial charge in [0.2, 0.25) is 0 Å². The van der Waals surface area contributed by atoms with Crippen LogP contribution in [0.5, 0.6) is 5.75 Å². The highest BCUT2D eigenvalue weighted by atomic mass is 16.5. The van der Waals surface area contributed by atoms with Gasteiger partial charge in [-0.1, -0.05) is 12.1 Å². The van der Waals surface area contributed by atoms with E-state index in [9.17, 15) is 4.79 Å². The Labute approximate surface area is 123 Å². The molecule has 0 amide bonds. The van der Waals surface area contributed by atoms with Gasteiger partial charge in [0, 0.05) is 6.04 Å². The molecule has 1 aromatic heterocycles. The van der Waals surface area contributed by atoms with Gasteiger partial charge in [0.15, 0.2) is 0 Å². The van der Waals surface area contributed by atoms with Gasteiger partial charge < -0.3 is 19.2 Å². The number of rotatable bonds is 6. The highest BCUT2D eigenvalue weighted by Gasteiger charge is 2.11. The van der Waals surface area contributed by atoms with Gasteiger partial charge in [0.1, 0.15) is 17.8 Å². The Kier molecular flexibility index (Phi) is 5.00. The maximum absolute atomic E-state index is 11.3. The molecule has 0 aliphatic rings. The number of hydrogen-bond acceptors (Lipinski definition) is 5. The van der Waals surface area contributed by atoms with E-state index in [1.807, 2.05) is 24.3 Å². The fraction of sp³-hybridized carbons (Fsp3) is 0.312. The second kappa shape index (κ2) is 6.95. The highest BCUT2D eigenvalue weighted by Crippen LogP contribution is 2.18. The molecule has 1 aromatic carbocycles. The van der Waals surface area contributed by atoms with E-state index >= 15 is 0 Å². The summed E-state index contributed by atoms with van der Waals surface area (Å²) in [6, 6.07) is 9.71. The van der Waals surface area contributed by atoms with Crippen LogP contribution in [0.2, 0.25) is 0 Å². The Bertz CT molecular complexity index is 589. The molecule has 0 radical (unpaired) electrons. The molecule has 2 aromatic rings. The fourth-order valence-electron chi connectivity index (χ4n) is 1.96. The number of methoxy groups -OCH3 is 2. The van der Waals surface area contributed by atoms with E-state index < -0.39 is 5.97 Å². The van der Waals surface area contributed by atoms with Crippen LogP contribution in [-0.2, 0) is 11.3 Å². The Morgan fingerprint density at radius 3 is 2.62 bits per heavy atom. The molecule has 5 heteroatoms. The molecule has 2 rings (SSSR count). The van der Waals surface area contributed by atoms with Crippen molar-refractivity contribution in [3.8, 4) is 5.75 Å². The second-order valence-corrected chi connectivity index (χ2v) is 4.67. The lowest BCUT2D eigenvalue weighted by molar-refractivity contribution is 0.0600. The molecule has 0 bridgehead atoms. The van der Waals surface area contributed by atoms with Crippen LogP contribution in [0.25, 0.3) is 0 Å². The third kappa shape index (κ3) is 3.86. The minimum Gasteiger partial charge on any atom is -0.497 e. The number of ether oxygens (including phenoxy) is 2. The van der Waals surface area contributed by atoms with Gasteiger partial charge in [-0.15, -0.1) is 0 Å². The van der Waals surface area contributed by atoms with Gasteiger partial charge >= 0.3 is 5.97 Å². The Hall–Kier alpha value is -2.27. The van der Waals surface area contributed by atoms with Crippen LogP contribution in [-0.4, -0.2) is 20.2 Å². The summed E-state index contributed by atoms with van der Waals surface area (Å²) in [5, 5.41) is 3.34. The lowest BCUT2D eigenvalue weighted by Gasteiger charge is -2.13. The predicted octanol–water partition coefficient (Wildman–Crippen LogP) is 2.93. The van der Waals surface area contributed by atoms with Crippen molar-refractivity contribution >= 4 is 5.97 Å². The third-order valence-corrected chi connectivity index (χ3v) is 3.27. The van der Waals surface area contributed by atoms with Gasteiger partial charge in [-0.05, 0) is 30.7 Å². The van der Waals surface area contributed by atoms with Crippen molar-refractivity contribution in [2.24, 2.45) is 0 Å². The van der Waals surface area contributed by atoms with Crippen LogP contribution < -0.4 is 10.1 Å². The van der Waals surface area contributed by atoms with Crippen LogP contribution in [0.1, 0.15) is 34.6 Å². The summed E-state index contributed by atoms with van der Waals surface area (Å²) in [5.41, 5.74) is 1.57. The molecular weight excluding hydrogens is 270 g/mol. The van der Waals surface area contributed by atoms with Crippen molar-refractivity contribution in [1.82, 2.24) is 5.32 Å². The molecule has 1 N–H and O–H groups in total. The average molecular weight is 289 g/mol. The highest BCUT2D eigenvalue weighted by molar-refractivity contribution is 5.88. The van der Waals surface area contributed by atoms with E-state index in [4.69, 9.17) is 9.15 Å². The quantitative estimate of drug-likeness (QED) is 0.828. The van der Waals surface area contributed by atoms with Crippen LogP contribution in [0.15, 0.2) is 41.0 Å². The van der Waals surface area contributed by atoms with Crippen LogP contribution >= 0.6 is 0 Å². The molecule has 1 atom stereocenters. The first-order valence-electron chi connectivity index (χ1n) is 6.67. The van der Waals surface area contributed by atoms with E-state index in [-0.39, 0.29) is 6.04 Å². The molecule has 0 saturated carbocycles. The summed E-state index contributed by atoms with van der Waals surface area (Å²) in [6.45, 7) is 2.59. The molecule has 0 unspecified atom stereocenters. The summed E-state index contributed by atoms with van der Waals surface area (Å²) >= 11 is 0. The Morgan fingerprint density at radius 2 is 2.00 bits per heavy atom. The van der Waals surface area contributed by atoms with Gasteiger partial charge in [-0.25, -0.2) is 4.79 Å². The van der Waals surface area contributed by atoms with Crippen LogP contribution in [0.4, 0.5) is 0 Å². The van der Waals surface area contributed by atoms with Crippen molar-refractivity contribution in [2.75, 3.05) is 14.2 Å². The Morgan fingerprint density at radius 1 is 1.29 bits per heavy atom.